The Morgan fingerprint density at radius 2 is 1.10 bits per heavy atom. The monoisotopic (exact) mass is 1000 g/mol. The molecule has 2 heterocycles. The molecule has 9 N–H and O–H groups in total. The molecule has 73 heavy (non-hydrogen) atoms. The van der Waals surface area contributed by atoms with E-state index in [4.69, 9.17) is 0 Å². The quantitative estimate of drug-likeness (QED) is 0.0345. The molecule has 6 amide bonds. The van der Waals surface area contributed by atoms with Crippen molar-refractivity contribution in [2.45, 2.75) is 122 Å². The van der Waals surface area contributed by atoms with E-state index in [0.29, 0.717) is 35.1 Å². The standard InChI is InChI=1S/C55H68N8O10/c1-7-33(5)47(52(69)60-43(55(72)73)28-38-31-57-40-24-16-15-23-39(38)40)63-53(70)48(34(6)8-2)62-51(68)42(29-45(65)66)58-50(67)41(26-32(3)4)59-54(71)49(61-44(64)27-35-18-17-25-56-30-35)46(36-19-11-9-12-20-36)37-21-13-10-14-22-37/h9-25,30-34,41-43,46-49,57H,7-8,26-29H2,1-6H3,(H,58,67)(H,59,71)(H,60,69)(H,61,64)(H,62,68)(H,63,70)(H,65,66)(H,72,73)/t33-,34-,41-,42-,43-,47-,48-,49+/m0/s1. The van der Waals surface area contributed by atoms with Crippen LogP contribution < -0.4 is 31.9 Å². The zero-order valence-corrected chi connectivity index (χ0v) is 42.1. The summed E-state index contributed by atoms with van der Waals surface area (Å²) in [6, 6.07) is 20.6. The Labute approximate surface area is 425 Å². The van der Waals surface area contributed by atoms with Crippen molar-refractivity contribution in [1.29, 1.82) is 0 Å². The number of aliphatic carboxylic acids is 2. The van der Waals surface area contributed by atoms with E-state index in [1.165, 1.54) is 0 Å². The van der Waals surface area contributed by atoms with E-state index in [2.05, 4.69) is 41.9 Å². The summed E-state index contributed by atoms with van der Waals surface area (Å²) in [7, 11) is 0. The SMILES string of the molecule is CC[C@H](C)[C@H](NC(=O)[C@H](CC(=O)O)NC(=O)[C@H](CC(C)C)NC(=O)[C@H](NC(=O)Cc1cccnc1)C(c1ccccc1)c1ccccc1)C(=O)N[C@H](C(=O)N[C@@H](Cc1c[nH]c2ccccc12)C(=O)O)[C@@H](C)CC. The van der Waals surface area contributed by atoms with Gasteiger partial charge in [-0.1, -0.05) is 139 Å². The van der Waals surface area contributed by atoms with Gasteiger partial charge in [-0.2, -0.15) is 0 Å². The van der Waals surface area contributed by atoms with E-state index in [1.54, 1.807) is 58.4 Å². The lowest BCUT2D eigenvalue weighted by Gasteiger charge is -2.31. The molecule has 5 aromatic rings. The smallest absolute Gasteiger partial charge is 0.326 e. The highest BCUT2D eigenvalue weighted by Crippen LogP contribution is 2.29. The van der Waals surface area contributed by atoms with Crippen molar-refractivity contribution < 1.29 is 48.6 Å². The number of pyridine rings is 1. The van der Waals surface area contributed by atoms with Gasteiger partial charge in [0.1, 0.15) is 36.3 Å². The van der Waals surface area contributed by atoms with Gasteiger partial charge in [-0.3, -0.25) is 38.5 Å². The number of aromatic nitrogens is 2. The number of para-hydroxylation sites is 1. The van der Waals surface area contributed by atoms with Gasteiger partial charge in [0.15, 0.2) is 0 Å². The molecule has 18 nitrogen and oxygen atoms in total. The minimum atomic E-state index is -1.75. The highest BCUT2D eigenvalue weighted by Gasteiger charge is 2.38. The summed E-state index contributed by atoms with van der Waals surface area (Å²) in [5, 5.41) is 37.2. The highest BCUT2D eigenvalue weighted by atomic mass is 16.4. The number of aromatic amines is 1. The van der Waals surface area contributed by atoms with Gasteiger partial charge in [-0.05, 0) is 58.6 Å². The summed E-state index contributed by atoms with van der Waals surface area (Å²) in [4.78, 5) is 117. The molecule has 18 heteroatoms. The largest absolute Gasteiger partial charge is 0.481 e. The number of carbonyl (C=O) groups excluding carboxylic acids is 6. The van der Waals surface area contributed by atoms with Gasteiger partial charge in [0.2, 0.25) is 35.4 Å². The molecule has 0 saturated carbocycles. The van der Waals surface area contributed by atoms with Crippen LogP contribution in [0.5, 0.6) is 0 Å². The Morgan fingerprint density at radius 3 is 1.64 bits per heavy atom. The number of nitrogens with one attached hydrogen (secondary N) is 7. The van der Waals surface area contributed by atoms with Crippen LogP contribution in [0.1, 0.15) is 95.4 Å². The van der Waals surface area contributed by atoms with Crippen molar-refractivity contribution in [3.8, 4) is 0 Å². The number of rotatable bonds is 27. The van der Waals surface area contributed by atoms with E-state index < -0.39 is 108 Å². The predicted octanol–water partition coefficient (Wildman–Crippen LogP) is 4.79. The predicted molar refractivity (Wildman–Crippen MR) is 275 cm³/mol. The average Bonchev–Trinajstić information content (AvgIpc) is 3.78. The molecule has 0 aliphatic heterocycles. The molecule has 0 radical (unpaired) electrons. The number of carbonyl (C=O) groups is 8. The van der Waals surface area contributed by atoms with Crippen LogP contribution in [0.2, 0.25) is 0 Å². The lowest BCUT2D eigenvalue weighted by Crippen LogP contribution is -2.61. The topological polar surface area (TPSA) is 278 Å². The fourth-order valence-corrected chi connectivity index (χ4v) is 8.61. The number of H-pyrrole nitrogens is 1. The van der Waals surface area contributed by atoms with Crippen molar-refractivity contribution in [2.24, 2.45) is 17.8 Å². The first-order chi connectivity index (χ1) is 34.9. The Hall–Kier alpha value is -7.89. The van der Waals surface area contributed by atoms with E-state index in [-0.39, 0.29) is 25.2 Å². The molecule has 2 aromatic heterocycles. The van der Waals surface area contributed by atoms with Crippen molar-refractivity contribution in [3.63, 3.8) is 0 Å². The number of benzene rings is 3. The molecule has 0 fully saturated rings. The van der Waals surface area contributed by atoms with E-state index in [9.17, 15) is 48.6 Å². The lowest BCUT2D eigenvalue weighted by molar-refractivity contribution is -0.142. The number of carboxylic acids is 2. The van der Waals surface area contributed by atoms with E-state index >= 15 is 0 Å². The van der Waals surface area contributed by atoms with Crippen LogP contribution >= 0.6 is 0 Å². The highest BCUT2D eigenvalue weighted by molar-refractivity contribution is 5.98. The number of carboxylic acid groups (broad SMARTS) is 2. The number of fused-ring (bicyclic) bond motifs is 1. The molecular weight excluding hydrogens is 933 g/mol. The summed E-state index contributed by atoms with van der Waals surface area (Å²) >= 11 is 0. The third-order valence-electron chi connectivity index (χ3n) is 13.0. The first-order valence-corrected chi connectivity index (χ1v) is 24.7. The van der Waals surface area contributed by atoms with Crippen LogP contribution in [0.15, 0.2) is 116 Å². The number of hydrogen-bond donors (Lipinski definition) is 9. The van der Waals surface area contributed by atoms with Gasteiger partial charge in [0.25, 0.3) is 0 Å². The average molecular weight is 1000 g/mol. The molecule has 0 aliphatic carbocycles. The van der Waals surface area contributed by atoms with E-state index in [0.717, 1.165) is 10.9 Å². The van der Waals surface area contributed by atoms with Gasteiger partial charge in [-0.15, -0.1) is 0 Å². The van der Waals surface area contributed by atoms with Crippen LogP contribution in [0.3, 0.4) is 0 Å². The molecule has 388 valence electrons. The maximum atomic E-state index is 14.8. The van der Waals surface area contributed by atoms with Gasteiger partial charge >= 0.3 is 11.9 Å². The van der Waals surface area contributed by atoms with Crippen molar-refractivity contribution in [1.82, 2.24) is 41.9 Å². The van der Waals surface area contributed by atoms with Crippen LogP contribution in [0, 0.1) is 17.8 Å². The molecule has 3 aromatic carbocycles. The zero-order chi connectivity index (χ0) is 53.2. The molecular formula is C55H68N8O10. The molecule has 5 rings (SSSR count). The van der Waals surface area contributed by atoms with Crippen LogP contribution in [0.4, 0.5) is 0 Å². The second kappa shape index (κ2) is 27.1. The second-order valence-electron chi connectivity index (χ2n) is 18.9. The second-order valence-corrected chi connectivity index (χ2v) is 18.9. The molecule has 0 saturated heterocycles. The summed E-state index contributed by atoms with van der Waals surface area (Å²) in [5.41, 5.74) is 3.45. The summed E-state index contributed by atoms with van der Waals surface area (Å²) < 4.78 is 0. The lowest BCUT2D eigenvalue weighted by atomic mass is 9.84. The summed E-state index contributed by atoms with van der Waals surface area (Å²) in [5.74, 6) is -9.45. The van der Waals surface area contributed by atoms with Gasteiger partial charge < -0.3 is 47.1 Å². The van der Waals surface area contributed by atoms with E-state index in [1.807, 2.05) is 98.8 Å². The van der Waals surface area contributed by atoms with Crippen LogP contribution in [0.25, 0.3) is 10.9 Å². The first kappa shape index (κ1) is 56.0. The van der Waals surface area contributed by atoms with Crippen LogP contribution in [-0.4, -0.2) is 104 Å². The van der Waals surface area contributed by atoms with Crippen molar-refractivity contribution in [2.75, 3.05) is 0 Å². The molecule has 8 atom stereocenters. The molecule has 0 bridgehead atoms. The Morgan fingerprint density at radius 1 is 0.575 bits per heavy atom. The Bertz CT molecular complexity index is 2620. The number of amides is 6. The van der Waals surface area contributed by atoms with Crippen molar-refractivity contribution >= 4 is 58.3 Å². The van der Waals surface area contributed by atoms with Gasteiger partial charge in [-0.25, -0.2) is 4.79 Å². The van der Waals surface area contributed by atoms with Gasteiger partial charge in [0.05, 0.1) is 12.8 Å². The minimum Gasteiger partial charge on any atom is -0.481 e. The Kier molecular flexibility index (Phi) is 20.8. The fraction of sp³-hybridized carbons (Fsp3) is 0.400. The molecule has 0 aliphatic rings. The zero-order valence-electron chi connectivity index (χ0n) is 42.1. The Balaban J connectivity index is 1.37. The van der Waals surface area contributed by atoms with Gasteiger partial charge in [0, 0.05) is 41.8 Å². The summed E-state index contributed by atoms with van der Waals surface area (Å²) in [6.45, 7) is 10.6. The summed E-state index contributed by atoms with van der Waals surface area (Å²) in [6.07, 6.45) is 4.52. The molecule has 0 unspecified atom stereocenters. The fourth-order valence-electron chi connectivity index (χ4n) is 8.61. The maximum Gasteiger partial charge on any atom is 0.326 e. The first-order valence-electron chi connectivity index (χ1n) is 24.7. The minimum absolute atomic E-state index is 0.0398. The third kappa shape index (κ3) is 16.1. The number of hydrogen-bond acceptors (Lipinski definition) is 9. The van der Waals surface area contributed by atoms with Crippen LogP contribution in [-0.2, 0) is 51.2 Å². The van der Waals surface area contributed by atoms with Crippen molar-refractivity contribution in [3.05, 3.63) is 138 Å². The number of nitrogens with zero attached hydrogens (tertiary/aromatic N) is 1. The third-order valence-corrected chi connectivity index (χ3v) is 13.0. The normalized spacial score (nSPS) is 14.6. The maximum absolute atomic E-state index is 14.8. The molecule has 0 spiro atoms.